The van der Waals surface area contributed by atoms with Crippen molar-refractivity contribution < 1.29 is 43.1 Å². The number of hydrogen-bond acceptors (Lipinski definition) is 2. The Morgan fingerprint density at radius 2 is 0.705 bits per heavy atom. The van der Waals surface area contributed by atoms with Crippen molar-refractivity contribution in [2.45, 2.75) is 13.1 Å². The van der Waals surface area contributed by atoms with Crippen LogP contribution < -0.4 is 54.6 Å². The minimum Gasteiger partial charge on any atom is -1.00 e. The Balaban J connectivity index is 0.00000192. The molecule has 2 heterocycles. The highest BCUT2D eigenvalue weighted by Gasteiger charge is 2.13. The van der Waals surface area contributed by atoms with Gasteiger partial charge in [-0.1, -0.05) is 97.1 Å². The van der Waals surface area contributed by atoms with Crippen LogP contribution in [0.3, 0.4) is 0 Å². The van der Waals surface area contributed by atoms with Crippen LogP contribution in [0.15, 0.2) is 146 Å². The van der Waals surface area contributed by atoms with Gasteiger partial charge in [0.05, 0.1) is 22.1 Å². The van der Waals surface area contributed by atoms with Crippen LogP contribution in [-0.2, 0) is 13.1 Å². The minimum atomic E-state index is 0. The van der Waals surface area contributed by atoms with E-state index >= 15 is 0 Å². The van der Waals surface area contributed by atoms with Crippen LogP contribution in [0.2, 0.25) is 0 Å². The van der Waals surface area contributed by atoms with Gasteiger partial charge >= 0.3 is 0 Å². The van der Waals surface area contributed by atoms with Crippen molar-refractivity contribution >= 4 is 33.2 Å². The van der Waals surface area contributed by atoms with Crippen LogP contribution in [0.25, 0.3) is 44.1 Å². The van der Waals surface area contributed by atoms with Crippen LogP contribution >= 0.6 is 0 Å². The summed E-state index contributed by atoms with van der Waals surface area (Å²) in [6.45, 7) is 1.59. The van der Waals surface area contributed by atoms with Crippen LogP contribution in [0.4, 0.5) is 11.4 Å². The number of hydrogen-bond donors (Lipinski definition) is 2. The number of anilines is 2. The summed E-state index contributed by atoms with van der Waals surface area (Å²) in [5.74, 6) is 0. The summed E-state index contributed by atoms with van der Waals surface area (Å²) < 4.78 is 4.49. The third-order valence-corrected chi connectivity index (χ3v) is 8.08. The smallest absolute Gasteiger partial charge is 0.214 e. The monoisotopic (exact) mass is 702 g/mol. The predicted octanol–water partition coefficient (Wildman–Crippen LogP) is 1.17. The van der Waals surface area contributed by atoms with E-state index in [4.69, 9.17) is 11.5 Å². The molecule has 7 rings (SSSR count). The van der Waals surface area contributed by atoms with Crippen LogP contribution in [0.5, 0.6) is 0 Å². The fourth-order valence-electron chi connectivity index (χ4n) is 5.75. The summed E-state index contributed by atoms with van der Waals surface area (Å²) in [6, 6.07) is 47.0. The van der Waals surface area contributed by atoms with Gasteiger partial charge in [0.25, 0.3) is 0 Å². The molecule has 0 unspecified atom stereocenters. The molecule has 0 spiro atoms. The van der Waals surface area contributed by atoms with E-state index in [-0.39, 0.29) is 34.0 Å². The summed E-state index contributed by atoms with van der Waals surface area (Å²) in [7, 11) is 0. The summed E-state index contributed by atoms with van der Waals surface area (Å²) >= 11 is 0. The lowest BCUT2D eigenvalue weighted by atomic mass is 9.99. The molecule has 44 heavy (non-hydrogen) atoms. The van der Waals surface area contributed by atoms with E-state index in [2.05, 4.69) is 131 Å². The average molecular weight is 705 g/mol. The molecule has 4 N–H and O–H groups in total. The summed E-state index contributed by atoms with van der Waals surface area (Å²) in [5, 5.41) is 2.17. The molecule has 0 saturated carbocycles. The molecule has 0 aliphatic heterocycles. The highest BCUT2D eigenvalue weighted by Crippen LogP contribution is 2.26. The number of para-hydroxylation sites is 2. The molecule has 2 aromatic heterocycles. The van der Waals surface area contributed by atoms with Crippen molar-refractivity contribution in [3.05, 3.63) is 157 Å². The van der Waals surface area contributed by atoms with Gasteiger partial charge in [-0.05, 0) is 34.4 Å². The second-order valence-corrected chi connectivity index (χ2v) is 10.8. The minimum absolute atomic E-state index is 0. The van der Waals surface area contributed by atoms with Gasteiger partial charge < -0.3 is 45.4 Å². The number of fused-ring (bicyclic) bond motifs is 2. The van der Waals surface area contributed by atoms with Crippen LogP contribution in [0.1, 0.15) is 11.1 Å². The van der Waals surface area contributed by atoms with E-state index in [1.54, 1.807) is 0 Å². The SMILES string of the molecule is Nc1cc[n+](Cc2ccc(-c3ccc(-c4ccc(C[n+]5ccc(N)c6ccccc65)cc4)cc3)cc2)c2ccccc12.[Br-].[Br-]. The first-order valence-electron chi connectivity index (χ1n) is 14.2. The van der Waals surface area contributed by atoms with Gasteiger partial charge in [0.2, 0.25) is 11.0 Å². The maximum atomic E-state index is 6.19. The molecule has 0 amide bonds. The van der Waals surface area contributed by atoms with Crippen molar-refractivity contribution in [2.75, 3.05) is 11.5 Å². The first kappa shape index (κ1) is 30.9. The lowest BCUT2D eigenvalue weighted by Gasteiger charge is -2.08. The van der Waals surface area contributed by atoms with E-state index in [1.165, 1.54) is 33.4 Å². The quantitative estimate of drug-likeness (QED) is 0.256. The number of nitrogens with two attached hydrogens (primary N) is 2. The largest absolute Gasteiger partial charge is 1.00 e. The van der Waals surface area contributed by atoms with Crippen LogP contribution in [0, 0.1) is 0 Å². The molecule has 0 bridgehead atoms. The highest BCUT2D eigenvalue weighted by atomic mass is 79.9. The first-order valence-corrected chi connectivity index (χ1v) is 14.2. The van der Waals surface area contributed by atoms with Crippen molar-refractivity contribution in [3.63, 3.8) is 0 Å². The third kappa shape index (κ3) is 6.23. The highest BCUT2D eigenvalue weighted by molar-refractivity contribution is 5.88. The predicted molar refractivity (Wildman–Crippen MR) is 173 cm³/mol. The van der Waals surface area contributed by atoms with Crippen molar-refractivity contribution in [2.24, 2.45) is 0 Å². The Hall–Kier alpha value is -4.52. The molecular formula is C38H32Br2N4. The number of pyridine rings is 2. The van der Waals surface area contributed by atoms with E-state index in [1.807, 2.05) is 24.3 Å². The van der Waals surface area contributed by atoms with Gasteiger partial charge in [0, 0.05) is 35.4 Å². The van der Waals surface area contributed by atoms with Gasteiger partial charge in [0.15, 0.2) is 25.5 Å². The van der Waals surface area contributed by atoms with Crippen molar-refractivity contribution in [3.8, 4) is 22.3 Å². The molecule has 4 nitrogen and oxygen atoms in total. The van der Waals surface area contributed by atoms with E-state index in [9.17, 15) is 0 Å². The zero-order valence-corrected chi connectivity index (χ0v) is 27.2. The number of rotatable bonds is 6. The lowest BCUT2D eigenvalue weighted by Crippen LogP contribution is -3.00. The lowest BCUT2D eigenvalue weighted by molar-refractivity contribution is -0.662. The molecule has 218 valence electrons. The molecule has 7 aromatic rings. The Kier molecular flexibility index (Phi) is 9.43. The number of benzene rings is 5. The zero-order chi connectivity index (χ0) is 28.5. The fourth-order valence-corrected chi connectivity index (χ4v) is 5.75. The molecule has 6 heteroatoms. The summed E-state index contributed by atoms with van der Waals surface area (Å²) in [6.07, 6.45) is 4.13. The van der Waals surface area contributed by atoms with Crippen molar-refractivity contribution in [1.29, 1.82) is 0 Å². The second kappa shape index (κ2) is 13.4. The van der Waals surface area contributed by atoms with Gasteiger partial charge in [0.1, 0.15) is 0 Å². The molecule has 0 atom stereocenters. The Morgan fingerprint density at radius 1 is 0.386 bits per heavy atom. The maximum Gasteiger partial charge on any atom is 0.214 e. The number of halogens is 2. The Morgan fingerprint density at radius 3 is 1.07 bits per heavy atom. The number of nitrogen functional groups attached to an aromatic ring is 2. The molecule has 0 fully saturated rings. The standard InChI is InChI=1S/C38H30N4.2BrH/c39-35-21-23-41(37-7-3-1-5-33(35)37)25-27-9-13-29(14-10-27)31-17-19-32(20-18-31)30-15-11-28(12-16-30)26-42-24-22-36(40)34-6-2-4-8-38(34)42;;/h1-24,39-40H,25-26H2;2*1H. The zero-order valence-electron chi connectivity index (χ0n) is 24.1. The van der Waals surface area contributed by atoms with Crippen LogP contribution in [-0.4, -0.2) is 0 Å². The van der Waals surface area contributed by atoms with E-state index in [0.717, 1.165) is 46.3 Å². The average Bonchev–Trinajstić information content (AvgIpc) is 3.05. The maximum absolute atomic E-state index is 6.19. The molecule has 0 aliphatic carbocycles. The number of nitrogens with zero attached hydrogens (tertiary/aromatic N) is 2. The van der Waals surface area contributed by atoms with Gasteiger partial charge in [-0.2, -0.15) is 9.13 Å². The second-order valence-electron chi connectivity index (χ2n) is 10.8. The van der Waals surface area contributed by atoms with E-state index in [0.29, 0.717) is 0 Å². The topological polar surface area (TPSA) is 59.8 Å². The molecule has 0 saturated heterocycles. The third-order valence-electron chi connectivity index (χ3n) is 8.08. The Bertz CT molecular complexity index is 1890. The molecule has 5 aromatic carbocycles. The summed E-state index contributed by atoms with van der Waals surface area (Å²) in [5.41, 5.74) is 23.6. The molecular weight excluding hydrogens is 672 g/mol. The van der Waals surface area contributed by atoms with Crippen molar-refractivity contribution in [1.82, 2.24) is 0 Å². The molecule has 0 aliphatic rings. The van der Waals surface area contributed by atoms with E-state index < -0.39 is 0 Å². The molecule has 0 radical (unpaired) electrons. The number of aromatic nitrogens is 2. The summed E-state index contributed by atoms with van der Waals surface area (Å²) in [4.78, 5) is 0. The normalized spacial score (nSPS) is 10.7. The van der Waals surface area contributed by atoms with Gasteiger partial charge in [-0.15, -0.1) is 0 Å². The Labute approximate surface area is 278 Å². The van der Waals surface area contributed by atoms with Gasteiger partial charge in [-0.3, -0.25) is 0 Å². The fraction of sp³-hybridized carbons (Fsp3) is 0.0526. The first-order chi connectivity index (χ1) is 20.6. The van der Waals surface area contributed by atoms with Gasteiger partial charge in [-0.25, -0.2) is 0 Å².